The van der Waals surface area contributed by atoms with Crippen molar-refractivity contribution < 1.29 is 8.42 Å². The molecule has 1 fully saturated rings. The Morgan fingerprint density at radius 3 is 2.45 bits per heavy atom. The Labute approximate surface area is 246 Å². The van der Waals surface area contributed by atoms with Gasteiger partial charge in [-0.1, -0.05) is 54.6 Å². The fourth-order valence-corrected chi connectivity index (χ4v) is 6.14. The Hall–Kier alpha value is -2.74. The van der Waals surface area contributed by atoms with E-state index in [9.17, 15) is 8.42 Å². The number of nitrogens with zero attached hydrogens (tertiary/aromatic N) is 4. The maximum Gasteiger partial charge on any atom is 0.211 e. The first-order valence-corrected chi connectivity index (χ1v) is 16.0. The zero-order valence-electron chi connectivity index (χ0n) is 24.7. The summed E-state index contributed by atoms with van der Waals surface area (Å²) in [5.74, 6) is 0.302. The molecule has 2 heterocycles. The van der Waals surface area contributed by atoms with Crippen LogP contribution in [0.5, 0.6) is 0 Å². The smallest absolute Gasteiger partial charge is 0.211 e. The normalized spacial score (nSPS) is 15.6. The van der Waals surface area contributed by atoms with Gasteiger partial charge in [0, 0.05) is 54.9 Å². The van der Waals surface area contributed by atoms with E-state index in [0.29, 0.717) is 18.1 Å². The molecule has 1 aliphatic rings. The van der Waals surface area contributed by atoms with Gasteiger partial charge in [0.25, 0.3) is 0 Å². The number of aliphatic imine (C=N–C) groups is 1. The highest BCUT2D eigenvalue weighted by Gasteiger charge is 2.34. The number of rotatable bonds is 11. The van der Waals surface area contributed by atoms with Crippen molar-refractivity contribution in [1.82, 2.24) is 13.9 Å². The molecule has 2 aromatic rings. The van der Waals surface area contributed by atoms with Crippen molar-refractivity contribution in [3.8, 4) is 0 Å². The summed E-state index contributed by atoms with van der Waals surface area (Å²) in [6, 6.07) is 6.07. The van der Waals surface area contributed by atoms with E-state index in [-0.39, 0.29) is 11.8 Å². The molecular formula is C32H45ClN4O2S. The Kier molecular flexibility index (Phi) is 13.8. The van der Waals surface area contributed by atoms with Crippen LogP contribution in [-0.2, 0) is 16.6 Å². The van der Waals surface area contributed by atoms with Gasteiger partial charge in [-0.05, 0) is 88.1 Å². The first-order chi connectivity index (χ1) is 19.0. The van der Waals surface area contributed by atoms with Gasteiger partial charge >= 0.3 is 0 Å². The summed E-state index contributed by atoms with van der Waals surface area (Å²) in [4.78, 5) is 8.93. The fraction of sp³-hybridized carbons (Fsp3) is 0.438. The molecule has 40 heavy (non-hydrogen) atoms. The van der Waals surface area contributed by atoms with Crippen molar-refractivity contribution in [3.05, 3.63) is 95.7 Å². The molecule has 3 rings (SSSR count). The first-order valence-electron chi connectivity index (χ1n) is 13.8. The highest BCUT2D eigenvalue weighted by molar-refractivity contribution is 7.88. The quantitative estimate of drug-likeness (QED) is 0.199. The zero-order chi connectivity index (χ0) is 29.7. The third-order valence-electron chi connectivity index (χ3n) is 7.03. The monoisotopic (exact) mass is 584 g/mol. The van der Waals surface area contributed by atoms with Gasteiger partial charge in [0.15, 0.2) is 0 Å². The van der Waals surface area contributed by atoms with Crippen LogP contribution in [-0.4, -0.2) is 47.8 Å². The molecule has 8 heteroatoms. The van der Waals surface area contributed by atoms with Crippen molar-refractivity contribution in [3.63, 3.8) is 0 Å². The summed E-state index contributed by atoms with van der Waals surface area (Å²) >= 11 is 6.47. The average molecular weight is 585 g/mol. The maximum atomic E-state index is 12.1. The number of benzene rings is 1. The Balaban J connectivity index is 0.00000103. The molecule has 0 amide bonds. The highest BCUT2D eigenvalue weighted by Crippen LogP contribution is 2.43. The molecule has 1 atom stereocenters. The summed E-state index contributed by atoms with van der Waals surface area (Å²) in [6.07, 6.45) is 17.6. The second kappa shape index (κ2) is 16.5. The van der Waals surface area contributed by atoms with E-state index in [4.69, 9.17) is 16.6 Å². The van der Waals surface area contributed by atoms with Crippen LogP contribution < -0.4 is 0 Å². The van der Waals surface area contributed by atoms with Gasteiger partial charge < -0.3 is 4.57 Å². The summed E-state index contributed by atoms with van der Waals surface area (Å²) < 4.78 is 27.9. The van der Waals surface area contributed by atoms with Gasteiger partial charge in [0.2, 0.25) is 10.0 Å². The molecule has 0 radical (unpaired) electrons. The van der Waals surface area contributed by atoms with Crippen LogP contribution >= 0.6 is 11.6 Å². The van der Waals surface area contributed by atoms with Crippen LogP contribution in [0, 0.1) is 5.92 Å². The summed E-state index contributed by atoms with van der Waals surface area (Å²) in [5, 5.41) is 0.683. The molecule has 1 aromatic carbocycles. The van der Waals surface area contributed by atoms with E-state index in [0.717, 1.165) is 54.6 Å². The Morgan fingerprint density at radius 2 is 1.95 bits per heavy atom. The van der Waals surface area contributed by atoms with Gasteiger partial charge in [-0.2, -0.15) is 0 Å². The van der Waals surface area contributed by atoms with E-state index in [1.807, 2.05) is 56.9 Å². The lowest BCUT2D eigenvalue weighted by molar-refractivity contribution is 0.255. The molecule has 1 saturated heterocycles. The average Bonchev–Trinajstić information content (AvgIpc) is 3.43. The number of piperidine rings is 1. The zero-order valence-corrected chi connectivity index (χ0v) is 26.3. The van der Waals surface area contributed by atoms with E-state index in [1.165, 1.54) is 11.8 Å². The van der Waals surface area contributed by atoms with Crippen LogP contribution in [0.2, 0.25) is 5.02 Å². The minimum absolute atomic E-state index is 0.0376. The lowest BCUT2D eigenvalue weighted by atomic mass is 9.75. The standard InChI is InChI=1S/C27H37ClN4O2S.C5H8/c1-6-30-27(20(2)3)26(22-11-15-32(16-12-22)35(5,33)34)24-10-9-23(28)18-25(24)21(4)8-7-14-31-17-13-29-19-31;1-3-5-4-2/h6,9-10,13,17-19,22,26H,4,7-8,11-12,14-16H2,1-3,5H3;3-5H,1H2,2H3/b;5-4-. The fourth-order valence-electron chi connectivity index (χ4n) is 5.10. The van der Waals surface area contributed by atoms with E-state index < -0.39 is 10.0 Å². The Morgan fingerprint density at radius 1 is 1.25 bits per heavy atom. The topological polar surface area (TPSA) is 67.6 Å². The van der Waals surface area contributed by atoms with Gasteiger partial charge in [-0.3, -0.25) is 4.99 Å². The van der Waals surface area contributed by atoms with Crippen LogP contribution in [0.4, 0.5) is 0 Å². The van der Waals surface area contributed by atoms with E-state index >= 15 is 0 Å². The van der Waals surface area contributed by atoms with Crippen LogP contribution in [0.3, 0.4) is 0 Å². The summed E-state index contributed by atoms with van der Waals surface area (Å²) in [5.41, 5.74) is 5.49. The lowest BCUT2D eigenvalue weighted by Gasteiger charge is -2.36. The van der Waals surface area contributed by atoms with Crippen molar-refractivity contribution >= 4 is 33.4 Å². The molecule has 0 bridgehead atoms. The molecule has 1 unspecified atom stereocenters. The van der Waals surface area contributed by atoms with Gasteiger partial charge in [-0.25, -0.2) is 17.7 Å². The van der Waals surface area contributed by atoms with E-state index in [2.05, 4.69) is 42.6 Å². The summed E-state index contributed by atoms with van der Waals surface area (Å²) in [6.45, 7) is 17.9. The molecular weight excluding hydrogens is 540 g/mol. The number of imidazole rings is 1. The number of allylic oxidation sites excluding steroid dienone is 6. The minimum atomic E-state index is -3.19. The number of hydrogen-bond donors (Lipinski definition) is 0. The predicted octanol–water partition coefficient (Wildman–Crippen LogP) is 7.92. The maximum absolute atomic E-state index is 12.1. The molecule has 1 aromatic heterocycles. The van der Waals surface area contributed by atoms with Gasteiger partial charge in [0.1, 0.15) is 0 Å². The highest BCUT2D eigenvalue weighted by atomic mass is 35.5. The van der Waals surface area contributed by atoms with Crippen molar-refractivity contribution in [2.75, 3.05) is 19.3 Å². The first kappa shape index (κ1) is 33.5. The molecule has 0 saturated carbocycles. The Bertz CT molecular complexity index is 1300. The molecule has 1 aliphatic heterocycles. The molecule has 0 N–H and O–H groups in total. The number of sulfonamides is 1. The third-order valence-corrected chi connectivity index (χ3v) is 8.57. The third kappa shape index (κ3) is 10.0. The number of halogens is 1. The second-order valence-corrected chi connectivity index (χ2v) is 12.7. The van der Waals surface area contributed by atoms with Crippen molar-refractivity contribution in [2.45, 2.75) is 65.8 Å². The van der Waals surface area contributed by atoms with Crippen molar-refractivity contribution in [2.24, 2.45) is 10.9 Å². The predicted molar refractivity (Wildman–Crippen MR) is 171 cm³/mol. The number of aryl methyl sites for hydroxylation is 1. The molecule has 0 spiro atoms. The SMILES string of the molecule is C=C(CCCn1ccnc1)c1cc(Cl)ccc1C(C(N=CC)=C(C)C)C1CCN(S(C)(=O)=O)CC1.C=C/C=C\C. The van der Waals surface area contributed by atoms with Crippen LogP contribution in [0.15, 0.2) is 84.6 Å². The van der Waals surface area contributed by atoms with Gasteiger partial charge in [-0.15, -0.1) is 0 Å². The number of aromatic nitrogens is 2. The molecule has 0 aliphatic carbocycles. The number of hydrogen-bond acceptors (Lipinski definition) is 4. The van der Waals surface area contributed by atoms with Crippen LogP contribution in [0.25, 0.3) is 5.57 Å². The minimum Gasteiger partial charge on any atom is -0.337 e. The second-order valence-electron chi connectivity index (χ2n) is 10.3. The van der Waals surface area contributed by atoms with Crippen molar-refractivity contribution in [1.29, 1.82) is 0 Å². The van der Waals surface area contributed by atoms with Crippen LogP contribution in [0.1, 0.15) is 70.4 Å². The van der Waals surface area contributed by atoms with E-state index in [1.54, 1.807) is 16.6 Å². The molecule has 6 nitrogen and oxygen atoms in total. The largest absolute Gasteiger partial charge is 0.337 e. The molecule has 218 valence electrons. The lowest BCUT2D eigenvalue weighted by Crippen LogP contribution is -2.39. The summed E-state index contributed by atoms with van der Waals surface area (Å²) in [7, 11) is -3.19. The van der Waals surface area contributed by atoms with Gasteiger partial charge in [0.05, 0.1) is 12.6 Å².